The first-order valence-electron chi connectivity index (χ1n) is 7.53. The van der Waals surface area contributed by atoms with Crippen molar-refractivity contribution in [1.29, 1.82) is 0 Å². The number of aromatic hydroxyl groups is 2. The topological polar surface area (TPSA) is 169 Å². The summed E-state index contributed by atoms with van der Waals surface area (Å²) in [6, 6.07) is 4.81. The smallest absolute Gasteiger partial charge is 0.336 e. The van der Waals surface area contributed by atoms with Crippen LogP contribution in [0.15, 0.2) is 30.3 Å². The molecule has 0 saturated heterocycles. The largest absolute Gasteiger partial charge is 0.508 e. The van der Waals surface area contributed by atoms with Gasteiger partial charge < -0.3 is 25.5 Å². The number of aryl methyl sites for hydroxylation is 1. The molecule has 0 aliphatic carbocycles. The molecule has 0 spiro atoms. The summed E-state index contributed by atoms with van der Waals surface area (Å²) in [7, 11) is 0. The highest BCUT2D eigenvalue weighted by molar-refractivity contribution is 6.16. The van der Waals surface area contributed by atoms with Crippen molar-refractivity contribution in [2.24, 2.45) is 0 Å². The monoisotopic (exact) mass is 374 g/mol. The Bertz CT molecular complexity index is 960. The maximum atomic E-state index is 12.7. The molecule has 0 heterocycles. The lowest BCUT2D eigenvalue weighted by atomic mass is 9.94. The Kier molecular flexibility index (Phi) is 5.45. The van der Waals surface area contributed by atoms with Gasteiger partial charge in [0, 0.05) is 18.1 Å². The van der Waals surface area contributed by atoms with E-state index in [9.17, 15) is 34.5 Å². The van der Waals surface area contributed by atoms with Crippen molar-refractivity contribution in [3.63, 3.8) is 0 Å². The minimum absolute atomic E-state index is 0.0811. The second kappa shape index (κ2) is 7.56. The van der Waals surface area contributed by atoms with Crippen molar-refractivity contribution in [2.75, 3.05) is 0 Å². The van der Waals surface area contributed by atoms with E-state index in [0.29, 0.717) is 0 Å². The van der Waals surface area contributed by atoms with Gasteiger partial charge in [-0.25, -0.2) is 9.59 Å². The highest BCUT2D eigenvalue weighted by Crippen LogP contribution is 2.31. The fourth-order valence-corrected chi connectivity index (χ4v) is 2.44. The number of aromatic carboxylic acids is 2. The van der Waals surface area contributed by atoms with Crippen molar-refractivity contribution in [2.45, 2.75) is 12.8 Å². The van der Waals surface area contributed by atoms with Crippen molar-refractivity contribution in [1.82, 2.24) is 0 Å². The molecule has 0 aliphatic heterocycles. The summed E-state index contributed by atoms with van der Waals surface area (Å²) in [6.45, 7) is 0. The minimum atomic E-state index is -1.54. The van der Waals surface area contributed by atoms with E-state index in [1.54, 1.807) is 0 Å². The predicted molar refractivity (Wildman–Crippen MR) is 89.5 cm³/mol. The molecule has 0 atom stereocenters. The summed E-state index contributed by atoms with van der Waals surface area (Å²) in [5.41, 5.74) is -1.53. The average molecular weight is 374 g/mol. The van der Waals surface area contributed by atoms with Crippen LogP contribution in [-0.2, 0) is 11.2 Å². The number of carbonyl (C=O) groups is 4. The molecule has 0 aromatic heterocycles. The summed E-state index contributed by atoms with van der Waals surface area (Å²) < 4.78 is 0. The third-order valence-electron chi connectivity index (χ3n) is 3.79. The second-order valence-electron chi connectivity index (χ2n) is 5.59. The molecule has 140 valence electrons. The SMILES string of the molecule is O=C(O)CCc1cc(C(=O)c2ccc(C(=O)O)cc2C(=O)O)c(O)cc1O. The highest BCUT2D eigenvalue weighted by atomic mass is 16.4. The second-order valence-corrected chi connectivity index (χ2v) is 5.59. The molecule has 0 amide bonds. The fourth-order valence-electron chi connectivity index (χ4n) is 2.44. The van der Waals surface area contributed by atoms with Gasteiger partial charge in [0.15, 0.2) is 5.78 Å². The van der Waals surface area contributed by atoms with Gasteiger partial charge in [0.2, 0.25) is 0 Å². The lowest BCUT2D eigenvalue weighted by molar-refractivity contribution is -0.136. The molecule has 5 N–H and O–H groups in total. The molecule has 0 fully saturated rings. The van der Waals surface area contributed by atoms with Crippen LogP contribution in [0.5, 0.6) is 11.5 Å². The zero-order valence-electron chi connectivity index (χ0n) is 13.7. The van der Waals surface area contributed by atoms with Crippen LogP contribution in [0, 0.1) is 0 Å². The third-order valence-corrected chi connectivity index (χ3v) is 3.79. The molecule has 0 radical (unpaired) electrons. The van der Waals surface area contributed by atoms with Gasteiger partial charge in [0.1, 0.15) is 11.5 Å². The summed E-state index contributed by atoms with van der Waals surface area (Å²) in [5, 5.41) is 46.7. The molecule has 2 rings (SSSR count). The molecule has 2 aromatic carbocycles. The van der Waals surface area contributed by atoms with E-state index in [1.807, 2.05) is 0 Å². The molecule has 27 heavy (non-hydrogen) atoms. The first-order valence-corrected chi connectivity index (χ1v) is 7.53. The van der Waals surface area contributed by atoms with Gasteiger partial charge in [-0.1, -0.05) is 0 Å². The van der Waals surface area contributed by atoms with Crippen LogP contribution in [0.1, 0.15) is 48.6 Å². The van der Waals surface area contributed by atoms with Crippen LogP contribution in [0.25, 0.3) is 0 Å². The van der Waals surface area contributed by atoms with E-state index in [-0.39, 0.29) is 35.1 Å². The maximum Gasteiger partial charge on any atom is 0.336 e. The van der Waals surface area contributed by atoms with Crippen LogP contribution in [0.3, 0.4) is 0 Å². The van der Waals surface area contributed by atoms with Crippen LogP contribution >= 0.6 is 0 Å². The van der Waals surface area contributed by atoms with Crippen molar-refractivity contribution in [3.05, 3.63) is 58.1 Å². The van der Waals surface area contributed by atoms with Gasteiger partial charge in [0.05, 0.1) is 16.7 Å². The van der Waals surface area contributed by atoms with Gasteiger partial charge in [-0.3, -0.25) is 9.59 Å². The van der Waals surface area contributed by atoms with Crippen LogP contribution in [0.4, 0.5) is 0 Å². The molecular weight excluding hydrogens is 360 g/mol. The predicted octanol–water partition coefficient (Wildman–Crippen LogP) is 1.74. The first kappa shape index (κ1) is 19.4. The minimum Gasteiger partial charge on any atom is -0.508 e. The van der Waals surface area contributed by atoms with Crippen molar-refractivity contribution < 1.29 is 44.7 Å². The Balaban J connectivity index is 2.54. The van der Waals surface area contributed by atoms with Crippen molar-refractivity contribution in [3.8, 4) is 11.5 Å². The Morgan fingerprint density at radius 1 is 0.741 bits per heavy atom. The van der Waals surface area contributed by atoms with E-state index in [2.05, 4.69) is 0 Å². The standard InChI is InChI=1S/C18H14O9/c19-13-7-14(20)12(5-8(13)2-4-15(21)22)16(23)10-3-1-9(17(24)25)6-11(10)18(26)27/h1,3,5-7,19-20H,2,4H2,(H,21,22)(H,24,25)(H,26,27). The van der Waals surface area contributed by atoms with E-state index in [1.165, 1.54) is 0 Å². The highest BCUT2D eigenvalue weighted by Gasteiger charge is 2.23. The Morgan fingerprint density at radius 3 is 1.96 bits per heavy atom. The summed E-state index contributed by atoms with van der Waals surface area (Å²) in [5.74, 6) is -6.00. The van der Waals surface area contributed by atoms with E-state index < -0.39 is 40.8 Å². The Labute approximate surface area is 151 Å². The number of phenolic OH excluding ortho intramolecular Hbond substituents is 2. The molecular formula is C18H14O9. The number of carbonyl (C=O) groups excluding carboxylic acids is 1. The summed E-state index contributed by atoms with van der Waals surface area (Å²) in [4.78, 5) is 45.8. The summed E-state index contributed by atoms with van der Waals surface area (Å²) in [6.07, 6.45) is -0.453. The normalized spacial score (nSPS) is 10.4. The number of phenols is 2. The number of hydrogen-bond donors (Lipinski definition) is 5. The number of carboxylic acid groups (broad SMARTS) is 3. The molecule has 0 saturated carbocycles. The van der Waals surface area contributed by atoms with Crippen LogP contribution < -0.4 is 0 Å². The maximum absolute atomic E-state index is 12.7. The van der Waals surface area contributed by atoms with E-state index in [4.69, 9.17) is 10.2 Å². The number of carboxylic acids is 3. The molecule has 9 nitrogen and oxygen atoms in total. The fraction of sp³-hybridized carbons (Fsp3) is 0.111. The molecule has 0 bridgehead atoms. The Hall–Kier alpha value is -3.88. The number of hydrogen-bond acceptors (Lipinski definition) is 6. The lowest BCUT2D eigenvalue weighted by Gasteiger charge is -2.11. The zero-order chi connectivity index (χ0) is 20.3. The van der Waals surface area contributed by atoms with Gasteiger partial charge in [-0.15, -0.1) is 0 Å². The average Bonchev–Trinajstić information content (AvgIpc) is 2.59. The van der Waals surface area contributed by atoms with Gasteiger partial charge >= 0.3 is 17.9 Å². The first-order chi connectivity index (χ1) is 12.6. The van der Waals surface area contributed by atoms with Gasteiger partial charge in [0.25, 0.3) is 0 Å². The lowest BCUT2D eigenvalue weighted by Crippen LogP contribution is -2.12. The van der Waals surface area contributed by atoms with Crippen LogP contribution in [0.2, 0.25) is 0 Å². The molecule has 0 unspecified atom stereocenters. The van der Waals surface area contributed by atoms with Crippen molar-refractivity contribution >= 4 is 23.7 Å². The van der Waals surface area contributed by atoms with E-state index in [0.717, 1.165) is 30.3 Å². The summed E-state index contributed by atoms with van der Waals surface area (Å²) >= 11 is 0. The molecule has 9 heteroatoms. The zero-order valence-corrected chi connectivity index (χ0v) is 13.7. The Morgan fingerprint density at radius 2 is 1.41 bits per heavy atom. The number of aliphatic carboxylic acids is 1. The molecule has 0 aliphatic rings. The third kappa shape index (κ3) is 4.21. The quantitative estimate of drug-likeness (QED) is 0.453. The number of ketones is 1. The molecule has 2 aromatic rings. The van der Waals surface area contributed by atoms with Gasteiger partial charge in [-0.2, -0.15) is 0 Å². The van der Waals surface area contributed by atoms with E-state index >= 15 is 0 Å². The van der Waals surface area contributed by atoms with Crippen LogP contribution in [-0.4, -0.2) is 49.2 Å². The number of rotatable bonds is 7. The van der Waals surface area contributed by atoms with Gasteiger partial charge in [-0.05, 0) is 36.2 Å². The number of benzene rings is 2.